The summed E-state index contributed by atoms with van der Waals surface area (Å²) in [4.78, 5) is 0. The first-order valence-electron chi connectivity index (χ1n) is 7.16. The number of hydrogen-bond donors (Lipinski definition) is 0. The Labute approximate surface area is 138 Å². The molecule has 0 aliphatic rings. The summed E-state index contributed by atoms with van der Waals surface area (Å²) < 4.78 is 14.8. The first-order valence-corrected chi connectivity index (χ1v) is 11.6. The van der Waals surface area contributed by atoms with E-state index < -0.39 is 11.7 Å². The summed E-state index contributed by atoms with van der Waals surface area (Å²) in [5, 5.41) is -0.231. The third-order valence-corrected chi connectivity index (χ3v) is 12.9. The van der Waals surface area contributed by atoms with Gasteiger partial charge in [-0.1, -0.05) is 0 Å². The van der Waals surface area contributed by atoms with E-state index in [1.807, 2.05) is 91.0 Å². The molecule has 0 radical (unpaired) electrons. The van der Waals surface area contributed by atoms with E-state index in [4.69, 9.17) is 0 Å². The van der Waals surface area contributed by atoms with Crippen LogP contribution >= 0.6 is 20.8 Å². The van der Waals surface area contributed by atoms with Crippen molar-refractivity contribution in [1.29, 1.82) is 0 Å². The molecule has 0 bridgehead atoms. The normalized spacial score (nSPS) is 13.3. The minimum atomic E-state index is -3.25. The molecule has 0 saturated heterocycles. The second kappa shape index (κ2) is 5.95. The summed E-state index contributed by atoms with van der Waals surface area (Å²) in [5.41, 5.74) is 0. The van der Waals surface area contributed by atoms with E-state index in [2.05, 4.69) is 15.5 Å². The van der Waals surface area contributed by atoms with Crippen LogP contribution in [0.1, 0.15) is 0 Å². The first kappa shape index (κ1) is 15.4. The van der Waals surface area contributed by atoms with Gasteiger partial charge in [-0.25, -0.2) is 0 Å². The van der Waals surface area contributed by atoms with Gasteiger partial charge in [-0.3, -0.25) is 0 Å². The molecular weight excluding hydrogens is 358 g/mol. The Balaban J connectivity index is 2.41. The van der Waals surface area contributed by atoms with E-state index in [0.717, 1.165) is 15.9 Å². The van der Waals surface area contributed by atoms with Gasteiger partial charge in [0.25, 0.3) is 0 Å². The zero-order valence-corrected chi connectivity index (χ0v) is 14.6. The van der Waals surface area contributed by atoms with Gasteiger partial charge in [-0.05, 0) is 0 Å². The third kappa shape index (κ3) is 2.22. The van der Waals surface area contributed by atoms with Gasteiger partial charge in [0.15, 0.2) is 0 Å². The van der Waals surface area contributed by atoms with Gasteiger partial charge in [-0.2, -0.15) is 0 Å². The number of halogens is 2. The summed E-state index contributed by atoms with van der Waals surface area (Å²) in [7, 11) is 0. The summed E-state index contributed by atoms with van der Waals surface area (Å²) in [5.74, 6) is 0. The first-order chi connectivity index (χ1) is 10.7. The van der Waals surface area contributed by atoms with Crippen LogP contribution in [-0.4, -0.2) is 6.42 Å². The second-order valence-electron chi connectivity index (χ2n) is 5.31. The van der Waals surface area contributed by atoms with Crippen LogP contribution in [0.3, 0.4) is 0 Å². The Kier molecular flexibility index (Phi) is 4.16. The van der Waals surface area contributed by atoms with E-state index in [9.17, 15) is 4.39 Å². The molecule has 112 valence electrons. The predicted octanol–water partition coefficient (Wildman–Crippen LogP) is 4.75. The van der Waals surface area contributed by atoms with Gasteiger partial charge < -0.3 is 0 Å². The van der Waals surface area contributed by atoms with Crippen LogP contribution in [0.15, 0.2) is 91.0 Å². The Hall–Kier alpha value is -1.50. The molecule has 22 heavy (non-hydrogen) atoms. The van der Waals surface area contributed by atoms with Crippen LogP contribution in [0.2, 0.25) is 0 Å². The molecule has 3 rings (SSSR count). The minimum absolute atomic E-state index is 0.455. The molecule has 0 spiro atoms. The standard InChI is InChI=1S/C19H17BrFP/c20-22(16-21,17-10-4-1-5-11-17,18-12-6-2-7-13-18)19-14-8-3-9-15-19/h1-15H,16H2. The van der Waals surface area contributed by atoms with E-state index >= 15 is 0 Å². The fraction of sp³-hybridized carbons (Fsp3) is 0.0526. The van der Waals surface area contributed by atoms with Crippen molar-refractivity contribution < 1.29 is 4.39 Å². The third-order valence-electron chi connectivity index (χ3n) is 4.11. The number of benzene rings is 3. The van der Waals surface area contributed by atoms with Gasteiger partial charge in [0.1, 0.15) is 0 Å². The van der Waals surface area contributed by atoms with Gasteiger partial charge in [-0.15, -0.1) is 0 Å². The molecule has 0 amide bonds. The molecular formula is C19H17BrFP. The van der Waals surface area contributed by atoms with Crippen molar-refractivity contribution in [1.82, 2.24) is 0 Å². The number of rotatable bonds is 4. The maximum absolute atomic E-state index is 14.8. The molecule has 0 unspecified atom stereocenters. The average Bonchev–Trinajstić information content (AvgIpc) is 2.63. The Morgan fingerprint density at radius 1 is 0.591 bits per heavy atom. The molecule has 0 N–H and O–H groups in total. The molecule has 3 heteroatoms. The van der Waals surface area contributed by atoms with Crippen LogP contribution < -0.4 is 15.9 Å². The van der Waals surface area contributed by atoms with Crippen molar-refractivity contribution in [2.45, 2.75) is 0 Å². The molecule has 3 aromatic carbocycles. The molecule has 0 aromatic heterocycles. The number of alkyl halides is 1. The molecule has 0 aliphatic heterocycles. The van der Waals surface area contributed by atoms with E-state index in [-0.39, 0.29) is 0 Å². The van der Waals surface area contributed by atoms with Crippen molar-refractivity contribution >= 4 is 36.7 Å². The molecule has 0 heterocycles. The Morgan fingerprint density at radius 3 is 1.09 bits per heavy atom. The SMILES string of the molecule is FCP(Br)(c1ccccc1)(c1ccccc1)c1ccccc1. The molecule has 0 nitrogen and oxygen atoms in total. The van der Waals surface area contributed by atoms with Crippen LogP contribution in [-0.2, 0) is 0 Å². The molecule has 0 saturated carbocycles. The fourth-order valence-electron chi connectivity index (χ4n) is 2.87. The quantitative estimate of drug-likeness (QED) is 0.578. The molecule has 0 fully saturated rings. The summed E-state index contributed by atoms with van der Waals surface area (Å²) >= 11 is 3.97. The fourth-order valence-corrected chi connectivity index (χ4v) is 8.69. The molecule has 0 atom stereocenters. The monoisotopic (exact) mass is 374 g/mol. The van der Waals surface area contributed by atoms with Gasteiger partial charge in [0.2, 0.25) is 0 Å². The molecule has 3 aromatic rings. The Morgan fingerprint density at radius 2 is 0.864 bits per heavy atom. The van der Waals surface area contributed by atoms with Gasteiger partial charge >= 0.3 is 139 Å². The van der Waals surface area contributed by atoms with Crippen LogP contribution in [0.4, 0.5) is 4.39 Å². The zero-order valence-electron chi connectivity index (χ0n) is 12.1. The van der Waals surface area contributed by atoms with Gasteiger partial charge in [0.05, 0.1) is 0 Å². The van der Waals surface area contributed by atoms with Crippen molar-refractivity contribution in [2.75, 3.05) is 6.42 Å². The van der Waals surface area contributed by atoms with E-state index in [0.29, 0.717) is 0 Å². The van der Waals surface area contributed by atoms with Crippen molar-refractivity contribution in [2.24, 2.45) is 0 Å². The molecule has 0 aliphatic carbocycles. The van der Waals surface area contributed by atoms with Crippen LogP contribution in [0, 0.1) is 0 Å². The van der Waals surface area contributed by atoms with Crippen LogP contribution in [0.25, 0.3) is 0 Å². The second-order valence-corrected chi connectivity index (χ2v) is 14.2. The van der Waals surface area contributed by atoms with Crippen molar-refractivity contribution in [3.05, 3.63) is 91.0 Å². The Bertz CT molecular complexity index is 645. The predicted molar refractivity (Wildman–Crippen MR) is 100 cm³/mol. The van der Waals surface area contributed by atoms with Crippen molar-refractivity contribution in [3.63, 3.8) is 0 Å². The van der Waals surface area contributed by atoms with Gasteiger partial charge in [0, 0.05) is 0 Å². The van der Waals surface area contributed by atoms with Crippen LogP contribution in [0.5, 0.6) is 0 Å². The summed E-state index contributed by atoms with van der Waals surface area (Å²) in [6, 6.07) is 29.8. The van der Waals surface area contributed by atoms with Crippen molar-refractivity contribution in [3.8, 4) is 0 Å². The summed E-state index contributed by atoms with van der Waals surface area (Å²) in [6.45, 7) is 0. The zero-order chi connectivity index (χ0) is 15.5. The average molecular weight is 375 g/mol. The summed E-state index contributed by atoms with van der Waals surface area (Å²) in [6.07, 6.45) is -0.455. The maximum atomic E-state index is 14.8. The van der Waals surface area contributed by atoms with E-state index in [1.54, 1.807) is 0 Å². The number of hydrogen-bond acceptors (Lipinski definition) is 0. The topological polar surface area (TPSA) is 0 Å². The van der Waals surface area contributed by atoms with E-state index in [1.165, 1.54) is 0 Å².